The lowest BCUT2D eigenvalue weighted by Crippen LogP contribution is -2.82. The molecule has 1 aromatic carbocycles. The topological polar surface area (TPSA) is 74.3 Å². The summed E-state index contributed by atoms with van der Waals surface area (Å²) in [6, 6.07) is 4.00. The molecular formula is C25H28ClNO6. The number of methoxy groups -OCH3 is 3. The number of carbonyl (C=O) groups excluding carboxylic acids is 2. The molecular weight excluding hydrogens is 446 g/mol. The van der Waals surface area contributed by atoms with E-state index in [1.165, 1.54) is 19.8 Å². The molecule has 0 radical (unpaired) electrons. The molecule has 4 aliphatic carbocycles. The van der Waals surface area contributed by atoms with E-state index in [2.05, 4.69) is 31.0 Å². The van der Waals surface area contributed by atoms with Crippen LogP contribution in [0.3, 0.4) is 0 Å². The van der Waals surface area contributed by atoms with E-state index in [1.807, 2.05) is 6.07 Å². The molecule has 0 amide bonds. The molecule has 176 valence electrons. The largest absolute Gasteiger partial charge is 0.493 e. The zero-order valence-corrected chi connectivity index (χ0v) is 20.2. The maximum absolute atomic E-state index is 13.6. The molecule has 8 heteroatoms. The maximum atomic E-state index is 13.6. The van der Waals surface area contributed by atoms with Crippen molar-refractivity contribution in [3.8, 4) is 11.5 Å². The van der Waals surface area contributed by atoms with Crippen LogP contribution in [0, 0.1) is 23.2 Å². The lowest BCUT2D eigenvalue weighted by atomic mass is 9.31. The molecule has 2 heterocycles. The number of fused-ring (bicyclic) bond motifs is 1. The van der Waals surface area contributed by atoms with Crippen molar-refractivity contribution in [3.63, 3.8) is 0 Å². The van der Waals surface area contributed by atoms with Gasteiger partial charge in [-0.1, -0.05) is 23.7 Å². The number of halogens is 1. The van der Waals surface area contributed by atoms with Crippen molar-refractivity contribution in [1.82, 2.24) is 4.90 Å². The van der Waals surface area contributed by atoms with Gasteiger partial charge >= 0.3 is 11.9 Å². The van der Waals surface area contributed by atoms with Crippen LogP contribution in [0.15, 0.2) is 23.2 Å². The van der Waals surface area contributed by atoms with Crippen molar-refractivity contribution in [3.05, 3.63) is 34.4 Å². The van der Waals surface area contributed by atoms with E-state index in [4.69, 9.17) is 30.5 Å². The highest BCUT2D eigenvalue weighted by Gasteiger charge is 2.85. The van der Waals surface area contributed by atoms with Crippen molar-refractivity contribution >= 4 is 23.5 Å². The normalized spacial score (nSPS) is 41.6. The zero-order valence-electron chi connectivity index (χ0n) is 19.4. The van der Waals surface area contributed by atoms with Gasteiger partial charge < -0.3 is 23.8 Å². The fourth-order valence-corrected chi connectivity index (χ4v) is 9.07. The minimum atomic E-state index is -0.853. The third-order valence-corrected chi connectivity index (χ3v) is 9.86. The van der Waals surface area contributed by atoms with Crippen molar-refractivity contribution in [2.75, 3.05) is 34.9 Å². The summed E-state index contributed by atoms with van der Waals surface area (Å²) in [5.74, 6) is -1.60. The fraction of sp³-hybridized carbons (Fsp3) is 0.600. The number of likely N-dealkylation sites (tertiary alicyclic amines) is 1. The predicted molar refractivity (Wildman–Crippen MR) is 119 cm³/mol. The van der Waals surface area contributed by atoms with Crippen molar-refractivity contribution in [2.45, 2.75) is 36.8 Å². The summed E-state index contributed by atoms with van der Waals surface area (Å²) < 4.78 is 23.2. The first-order valence-corrected chi connectivity index (χ1v) is 11.7. The Morgan fingerprint density at radius 3 is 2.58 bits per heavy atom. The van der Waals surface area contributed by atoms with Gasteiger partial charge in [0.2, 0.25) is 0 Å². The smallest absolute Gasteiger partial charge is 0.310 e. The van der Waals surface area contributed by atoms with E-state index >= 15 is 0 Å². The molecule has 6 unspecified atom stereocenters. The van der Waals surface area contributed by atoms with Crippen molar-refractivity contribution in [1.29, 1.82) is 0 Å². The molecule has 4 bridgehead atoms. The molecule has 0 aromatic heterocycles. The number of likely N-dealkylation sites (N-methyl/N-ethyl adjacent to an activating group) is 1. The van der Waals surface area contributed by atoms with Gasteiger partial charge in [0.25, 0.3) is 0 Å². The SMILES string of the molecule is COC(=O)C1C2C(Cl)=CC3(C1C(=O)OC)C1Cc4ccc(OC)c5c4[C@@]3(CCN1C)C2(C)O5. The second-order valence-corrected chi connectivity index (χ2v) is 10.6. The summed E-state index contributed by atoms with van der Waals surface area (Å²) in [6.45, 7) is 2.90. The molecule has 7 atom stereocenters. The summed E-state index contributed by atoms with van der Waals surface area (Å²) in [4.78, 5) is 29.2. The van der Waals surface area contributed by atoms with Crippen molar-refractivity contribution < 1.29 is 28.5 Å². The number of hydrogen-bond donors (Lipinski definition) is 0. The summed E-state index contributed by atoms with van der Waals surface area (Å²) >= 11 is 7.01. The molecule has 7 nitrogen and oxygen atoms in total. The molecule has 1 saturated carbocycles. The van der Waals surface area contributed by atoms with E-state index in [9.17, 15) is 9.59 Å². The van der Waals surface area contributed by atoms with E-state index in [0.29, 0.717) is 23.0 Å². The minimum Gasteiger partial charge on any atom is -0.493 e. The highest BCUT2D eigenvalue weighted by molar-refractivity contribution is 6.30. The Labute approximate surface area is 197 Å². The van der Waals surface area contributed by atoms with E-state index < -0.39 is 46.1 Å². The third-order valence-electron chi connectivity index (χ3n) is 9.52. The Morgan fingerprint density at radius 1 is 1.18 bits per heavy atom. The monoisotopic (exact) mass is 473 g/mol. The highest BCUT2D eigenvalue weighted by atomic mass is 35.5. The first-order chi connectivity index (χ1) is 15.7. The lowest BCUT2D eigenvalue weighted by molar-refractivity contribution is -0.227. The van der Waals surface area contributed by atoms with Crippen LogP contribution in [0.25, 0.3) is 0 Å². The number of rotatable bonds is 3. The quantitative estimate of drug-likeness (QED) is 0.625. The second-order valence-electron chi connectivity index (χ2n) is 10.2. The molecule has 2 fully saturated rings. The Bertz CT molecular complexity index is 1130. The van der Waals surface area contributed by atoms with Gasteiger partial charge in [-0.2, -0.15) is 0 Å². The van der Waals surface area contributed by atoms with E-state index in [-0.39, 0.29) is 6.04 Å². The summed E-state index contributed by atoms with van der Waals surface area (Å²) in [5, 5.41) is 0.555. The van der Waals surface area contributed by atoms with Gasteiger partial charge in [0.05, 0.1) is 38.6 Å². The predicted octanol–water partition coefficient (Wildman–Crippen LogP) is 2.68. The number of carbonyl (C=O) groups is 2. The van der Waals surface area contributed by atoms with Crippen LogP contribution in [-0.4, -0.2) is 63.4 Å². The van der Waals surface area contributed by atoms with Crippen LogP contribution >= 0.6 is 11.6 Å². The molecule has 33 heavy (non-hydrogen) atoms. The average molecular weight is 474 g/mol. The number of piperidine rings is 1. The molecule has 0 N–H and O–H groups in total. The third kappa shape index (κ3) is 2.01. The van der Waals surface area contributed by atoms with E-state index in [1.54, 1.807) is 7.11 Å². The first-order valence-electron chi connectivity index (χ1n) is 11.4. The standard InChI is InChI=1S/C25H28ClNO6/c1-23-18-13(26)11-24(19(22(29)32-5)16(18)21(28)31-4)15-10-12-6-7-14(30-3)20(33-23)17(12)25(23,24)8-9-27(15)2/h6-7,11,15-16,18-19H,8-10H2,1-5H3/t15?,16?,18?,19?,23?,24?,25-/m0/s1. The summed E-state index contributed by atoms with van der Waals surface area (Å²) in [5.41, 5.74) is 0.106. The second kappa shape index (κ2) is 6.45. The van der Waals surface area contributed by atoms with Crippen LogP contribution in [0.4, 0.5) is 0 Å². The molecule has 2 aliphatic heterocycles. The van der Waals surface area contributed by atoms with Crippen LogP contribution in [0.1, 0.15) is 24.5 Å². The van der Waals surface area contributed by atoms with Gasteiger partial charge in [0, 0.05) is 28.0 Å². The summed E-state index contributed by atoms with van der Waals surface area (Å²) in [7, 11) is 6.45. The number of esters is 2. The Balaban J connectivity index is 1.77. The van der Waals surface area contributed by atoms with Gasteiger partial charge in [-0.05, 0) is 45.0 Å². The number of ether oxygens (including phenoxy) is 4. The van der Waals surface area contributed by atoms with Gasteiger partial charge in [-0.25, -0.2) is 0 Å². The Hall–Kier alpha value is -2.25. The van der Waals surface area contributed by atoms with Crippen LogP contribution in [0.2, 0.25) is 0 Å². The Kier molecular flexibility index (Phi) is 4.16. The van der Waals surface area contributed by atoms with Gasteiger partial charge in [-0.3, -0.25) is 9.59 Å². The number of benzene rings is 1. The summed E-state index contributed by atoms with van der Waals surface area (Å²) in [6.07, 6.45) is 3.54. The average Bonchev–Trinajstić information content (AvgIpc) is 3.08. The molecule has 6 aliphatic rings. The highest BCUT2D eigenvalue weighted by Crippen LogP contribution is 2.79. The van der Waals surface area contributed by atoms with Gasteiger partial charge in [0.15, 0.2) is 11.5 Å². The molecule has 2 spiro atoms. The number of nitrogens with zero attached hydrogens (tertiary/aromatic N) is 1. The fourth-order valence-electron chi connectivity index (χ4n) is 8.54. The van der Waals surface area contributed by atoms with Crippen LogP contribution in [0.5, 0.6) is 11.5 Å². The molecule has 1 aromatic rings. The zero-order chi connectivity index (χ0) is 23.5. The van der Waals surface area contributed by atoms with Gasteiger partial charge in [-0.15, -0.1) is 0 Å². The minimum absolute atomic E-state index is 0.0627. The molecule has 1 saturated heterocycles. The maximum Gasteiger partial charge on any atom is 0.310 e. The first kappa shape index (κ1) is 21.3. The van der Waals surface area contributed by atoms with Crippen molar-refractivity contribution in [2.24, 2.45) is 23.2 Å². The Morgan fingerprint density at radius 2 is 1.91 bits per heavy atom. The van der Waals surface area contributed by atoms with Crippen LogP contribution in [-0.2, 0) is 30.9 Å². The van der Waals surface area contributed by atoms with E-state index in [0.717, 1.165) is 18.5 Å². The lowest BCUT2D eigenvalue weighted by Gasteiger charge is -2.73. The van der Waals surface area contributed by atoms with Gasteiger partial charge in [0.1, 0.15) is 5.60 Å². The number of hydrogen-bond acceptors (Lipinski definition) is 7. The van der Waals surface area contributed by atoms with Crippen LogP contribution < -0.4 is 9.47 Å². The molecule has 7 rings (SSSR count).